The number of rotatable bonds is 7. The molecule has 0 bridgehead atoms. The topological polar surface area (TPSA) is 32.3 Å². The summed E-state index contributed by atoms with van der Waals surface area (Å²) in [5.41, 5.74) is 0.729. The molecule has 0 aromatic carbocycles. The van der Waals surface area contributed by atoms with Gasteiger partial charge >= 0.3 is 0 Å². The molecule has 17 heavy (non-hydrogen) atoms. The fourth-order valence-corrected chi connectivity index (χ4v) is 1.73. The first-order valence-corrected chi connectivity index (χ1v) is 6.96. The van der Waals surface area contributed by atoms with Crippen molar-refractivity contribution in [1.29, 1.82) is 0 Å². The summed E-state index contributed by atoms with van der Waals surface area (Å²) in [6, 6.07) is 0. The highest BCUT2D eigenvalue weighted by molar-refractivity contribution is 4.69. The zero-order chi connectivity index (χ0) is 13.5. The molecule has 0 heterocycles. The van der Waals surface area contributed by atoms with Crippen molar-refractivity contribution >= 4 is 0 Å². The highest BCUT2D eigenvalue weighted by Gasteiger charge is 2.15. The fourth-order valence-electron chi connectivity index (χ4n) is 1.73. The molecule has 0 aromatic rings. The summed E-state index contributed by atoms with van der Waals surface area (Å²) in [4.78, 5) is 0. The van der Waals surface area contributed by atoms with E-state index >= 15 is 0 Å². The van der Waals surface area contributed by atoms with Crippen molar-refractivity contribution in [3.05, 3.63) is 0 Å². The first-order valence-electron chi connectivity index (χ1n) is 6.96. The zero-order valence-electron chi connectivity index (χ0n) is 12.8. The second-order valence-corrected chi connectivity index (χ2v) is 7.67. The minimum absolute atomic E-state index is 0.327. The molecule has 0 saturated carbocycles. The van der Waals surface area contributed by atoms with E-state index < -0.39 is 0 Å². The Kier molecular flexibility index (Phi) is 7.34. The predicted octanol–water partition coefficient (Wildman–Crippen LogP) is 3.45. The molecule has 2 heteroatoms. The van der Waals surface area contributed by atoms with Crippen LogP contribution in [0.1, 0.15) is 60.8 Å². The maximum absolute atomic E-state index is 9.35. The molecule has 104 valence electrons. The molecule has 0 unspecified atom stereocenters. The van der Waals surface area contributed by atoms with Gasteiger partial charge in [0, 0.05) is 6.61 Å². The van der Waals surface area contributed by atoms with E-state index in [4.69, 9.17) is 0 Å². The van der Waals surface area contributed by atoms with Crippen LogP contribution in [0.5, 0.6) is 0 Å². The van der Waals surface area contributed by atoms with Gasteiger partial charge in [-0.3, -0.25) is 0 Å². The Labute approximate surface area is 108 Å². The maximum Gasteiger partial charge on any atom is 0.0459 e. The van der Waals surface area contributed by atoms with Crippen LogP contribution >= 0.6 is 0 Å². The van der Waals surface area contributed by atoms with Crippen molar-refractivity contribution in [1.82, 2.24) is 5.32 Å². The molecular weight excluding hydrogens is 210 g/mol. The standard InChI is InChI=1S/C15H33NO/c1-14(2,3)9-7-13(11-17)8-10-16-12-15(4,5)6/h13,16-17H,7-12H2,1-6H3/t13-/m0/s1. The van der Waals surface area contributed by atoms with Gasteiger partial charge in [-0.2, -0.15) is 0 Å². The number of hydrogen-bond donors (Lipinski definition) is 2. The van der Waals surface area contributed by atoms with Crippen molar-refractivity contribution in [2.45, 2.75) is 60.8 Å². The van der Waals surface area contributed by atoms with Crippen LogP contribution in [0.3, 0.4) is 0 Å². The van der Waals surface area contributed by atoms with Crippen LogP contribution in [0.4, 0.5) is 0 Å². The number of aliphatic hydroxyl groups is 1. The first-order chi connectivity index (χ1) is 7.64. The van der Waals surface area contributed by atoms with E-state index in [0.717, 1.165) is 25.9 Å². The molecule has 1 atom stereocenters. The van der Waals surface area contributed by atoms with Crippen LogP contribution in [-0.4, -0.2) is 24.8 Å². The Morgan fingerprint density at radius 3 is 1.94 bits per heavy atom. The number of aliphatic hydroxyl groups excluding tert-OH is 1. The predicted molar refractivity (Wildman–Crippen MR) is 76.2 cm³/mol. The van der Waals surface area contributed by atoms with E-state index in [1.807, 2.05) is 0 Å². The van der Waals surface area contributed by atoms with Gasteiger partial charge in [0.1, 0.15) is 0 Å². The summed E-state index contributed by atoms with van der Waals surface area (Å²) in [7, 11) is 0. The summed E-state index contributed by atoms with van der Waals surface area (Å²) in [5, 5.41) is 12.8. The van der Waals surface area contributed by atoms with Gasteiger partial charge in [-0.1, -0.05) is 41.5 Å². The Balaban J connectivity index is 3.69. The highest BCUT2D eigenvalue weighted by Crippen LogP contribution is 2.24. The summed E-state index contributed by atoms with van der Waals surface area (Å²) in [6.07, 6.45) is 3.41. The van der Waals surface area contributed by atoms with E-state index in [9.17, 15) is 5.11 Å². The molecule has 0 aliphatic heterocycles. The van der Waals surface area contributed by atoms with Crippen LogP contribution < -0.4 is 5.32 Å². The average molecular weight is 243 g/mol. The number of hydrogen-bond acceptors (Lipinski definition) is 2. The number of nitrogens with one attached hydrogen (secondary N) is 1. The first kappa shape index (κ1) is 16.9. The molecule has 0 fully saturated rings. The molecule has 0 aliphatic rings. The van der Waals surface area contributed by atoms with Crippen LogP contribution in [-0.2, 0) is 0 Å². The van der Waals surface area contributed by atoms with Crippen LogP contribution in [0.15, 0.2) is 0 Å². The lowest BCUT2D eigenvalue weighted by atomic mass is 9.86. The van der Waals surface area contributed by atoms with Gasteiger partial charge < -0.3 is 10.4 Å². The third-order valence-corrected chi connectivity index (χ3v) is 2.95. The average Bonchev–Trinajstić information content (AvgIpc) is 2.13. The van der Waals surface area contributed by atoms with Gasteiger partial charge in [-0.25, -0.2) is 0 Å². The lowest BCUT2D eigenvalue weighted by Crippen LogP contribution is -2.29. The quantitative estimate of drug-likeness (QED) is 0.671. The van der Waals surface area contributed by atoms with E-state index in [1.165, 1.54) is 6.42 Å². The SMILES string of the molecule is CC(C)(C)CC[C@H](CO)CCNCC(C)(C)C. The Bertz CT molecular complexity index is 188. The van der Waals surface area contributed by atoms with Gasteiger partial charge in [0.05, 0.1) is 0 Å². The van der Waals surface area contributed by atoms with E-state index in [-0.39, 0.29) is 0 Å². The summed E-state index contributed by atoms with van der Waals surface area (Å²) < 4.78 is 0. The molecule has 2 nitrogen and oxygen atoms in total. The summed E-state index contributed by atoms with van der Waals surface area (Å²) in [6.45, 7) is 15.9. The molecular formula is C15H33NO. The molecule has 0 amide bonds. The zero-order valence-corrected chi connectivity index (χ0v) is 12.8. The maximum atomic E-state index is 9.35. The van der Waals surface area contributed by atoms with Crippen LogP contribution in [0.2, 0.25) is 0 Å². The van der Waals surface area contributed by atoms with E-state index in [1.54, 1.807) is 0 Å². The second kappa shape index (κ2) is 7.38. The van der Waals surface area contributed by atoms with Crippen molar-refractivity contribution < 1.29 is 5.11 Å². The van der Waals surface area contributed by atoms with Gasteiger partial charge in [0.15, 0.2) is 0 Å². The molecule has 0 aromatic heterocycles. The van der Waals surface area contributed by atoms with E-state index in [0.29, 0.717) is 23.4 Å². The lowest BCUT2D eigenvalue weighted by Gasteiger charge is -2.23. The summed E-state index contributed by atoms with van der Waals surface area (Å²) >= 11 is 0. The largest absolute Gasteiger partial charge is 0.396 e. The van der Waals surface area contributed by atoms with Gasteiger partial charge in [-0.05, 0) is 49.1 Å². The molecule has 2 N–H and O–H groups in total. The van der Waals surface area contributed by atoms with Crippen molar-refractivity contribution in [3.63, 3.8) is 0 Å². The van der Waals surface area contributed by atoms with Crippen LogP contribution in [0, 0.1) is 16.7 Å². The van der Waals surface area contributed by atoms with E-state index in [2.05, 4.69) is 46.9 Å². The summed E-state index contributed by atoms with van der Waals surface area (Å²) in [5.74, 6) is 0.460. The third-order valence-electron chi connectivity index (χ3n) is 2.95. The Morgan fingerprint density at radius 1 is 0.941 bits per heavy atom. The second-order valence-electron chi connectivity index (χ2n) is 7.67. The Hall–Kier alpha value is -0.0800. The lowest BCUT2D eigenvalue weighted by molar-refractivity contribution is 0.191. The minimum atomic E-state index is 0.327. The molecule has 0 rings (SSSR count). The molecule has 0 spiro atoms. The molecule has 0 radical (unpaired) electrons. The van der Waals surface area contributed by atoms with Gasteiger partial charge in [-0.15, -0.1) is 0 Å². The van der Waals surface area contributed by atoms with Crippen molar-refractivity contribution in [3.8, 4) is 0 Å². The van der Waals surface area contributed by atoms with Gasteiger partial charge in [0.2, 0.25) is 0 Å². The van der Waals surface area contributed by atoms with Crippen molar-refractivity contribution in [2.75, 3.05) is 19.7 Å². The van der Waals surface area contributed by atoms with Gasteiger partial charge in [0.25, 0.3) is 0 Å². The van der Waals surface area contributed by atoms with Crippen molar-refractivity contribution in [2.24, 2.45) is 16.7 Å². The van der Waals surface area contributed by atoms with Crippen LogP contribution in [0.25, 0.3) is 0 Å². The third kappa shape index (κ3) is 12.2. The monoisotopic (exact) mass is 243 g/mol. The molecule has 0 saturated heterocycles. The normalized spacial score (nSPS) is 15.0. The highest BCUT2D eigenvalue weighted by atomic mass is 16.3. The fraction of sp³-hybridized carbons (Fsp3) is 1.00. The smallest absolute Gasteiger partial charge is 0.0459 e. The minimum Gasteiger partial charge on any atom is -0.396 e. The molecule has 0 aliphatic carbocycles. The Morgan fingerprint density at radius 2 is 1.53 bits per heavy atom.